The van der Waals surface area contributed by atoms with Crippen LogP contribution in [-0.4, -0.2) is 267 Å². The van der Waals surface area contributed by atoms with Crippen molar-refractivity contribution in [3.05, 3.63) is 108 Å². The molecule has 0 saturated carbocycles. The number of aliphatic hydroxyl groups is 2. The minimum atomic E-state index is -1.94. The van der Waals surface area contributed by atoms with Crippen LogP contribution in [0.5, 0.6) is 0 Å². The molecule has 30 N–H and O–H groups in total. The number of benzene rings is 3. The zero-order chi connectivity index (χ0) is 101. The Kier molecular flexibility index (Phi) is 49.1. The van der Waals surface area contributed by atoms with Crippen LogP contribution in [0, 0.1) is 35.0 Å². The average molecular weight is 1880 g/mol. The van der Waals surface area contributed by atoms with Crippen LogP contribution >= 0.6 is 0 Å². The zero-order valence-corrected chi connectivity index (χ0v) is 77.5. The first-order chi connectivity index (χ1) is 62.9. The van der Waals surface area contributed by atoms with Crippen molar-refractivity contribution in [2.45, 2.75) is 263 Å². The van der Waals surface area contributed by atoms with Crippen molar-refractivity contribution < 1.29 is 116 Å². The highest BCUT2D eigenvalue weighted by Gasteiger charge is 2.41. The van der Waals surface area contributed by atoms with Gasteiger partial charge in [0.05, 0.1) is 44.6 Å². The van der Waals surface area contributed by atoms with E-state index in [-0.39, 0.29) is 69.2 Å². The number of guanidine groups is 1. The molecule has 0 unspecified atom stereocenters. The fraction of sp³-hybridized carbons (Fsp3) is 0.557. The molecule has 0 aliphatic carbocycles. The quantitative estimate of drug-likeness (QED) is 0.0142. The van der Waals surface area contributed by atoms with Gasteiger partial charge in [-0.05, 0) is 92.7 Å². The number of primary amides is 2. The second-order valence-corrected chi connectivity index (χ2v) is 34.2. The van der Waals surface area contributed by atoms with E-state index in [9.17, 15) is 116 Å². The predicted molar refractivity (Wildman–Crippen MR) is 485 cm³/mol. The highest BCUT2D eigenvalue weighted by atomic mass is 16.4. The lowest BCUT2D eigenvalue weighted by molar-refractivity contribution is -0.144. The van der Waals surface area contributed by atoms with Crippen LogP contribution in [0.4, 0.5) is 0 Å². The summed E-state index contributed by atoms with van der Waals surface area (Å²) >= 11 is 0. The Hall–Kier alpha value is -13.8. The number of carbonyl (C=O) groups is 20. The number of carboxylic acids is 2. The number of aliphatic carboxylic acids is 2. The highest BCUT2D eigenvalue weighted by molar-refractivity contribution is 6.02. The minimum Gasteiger partial charge on any atom is -0.481 e. The van der Waals surface area contributed by atoms with E-state index in [0.29, 0.717) is 23.1 Å². The first kappa shape index (κ1) is 114. The minimum absolute atomic E-state index is 0.00776. The maximum Gasteiger partial charge on any atom is 0.326 e. The molecular formula is C88H134N22O24. The fourth-order valence-corrected chi connectivity index (χ4v) is 13.3. The van der Waals surface area contributed by atoms with E-state index in [0.717, 1.165) is 6.92 Å². The van der Waals surface area contributed by atoms with E-state index < -0.39 is 271 Å². The SMILES string of the molecule is CC[C@H](C)[C@H](N)C(=O)N[C@@H](CC(=O)O)C(=O)N[C@@H](Cc1ccccc1)C(=O)N[C@@H](CC(C)C)C(=O)N[C@@H](Cc1ccccc1)C(=O)N[C@H](C(=O)N[C@@H](CO)C(=O)N[C@@H](C)C(=O)N[C@@H](CC(C)C)C(=O)N[C@@H](Cc1ccccc1)C(=O)NCC(=O)N[C@@H](CCCNC(=N)N)C(=O)N[C@H](C(=O)N[C@H](C(=O)N[C@@H](C)C(=O)N[C@@H](CC(N)=O)C(=O)N[C@@H](CC(N)=O)C(=O)O)C(C)C)C(C)C)[C@@H](C)O. The van der Waals surface area contributed by atoms with E-state index in [2.05, 4.69) is 85.1 Å². The van der Waals surface area contributed by atoms with Crippen molar-refractivity contribution in [1.29, 1.82) is 5.41 Å². The summed E-state index contributed by atoms with van der Waals surface area (Å²) in [6, 6.07) is -0.539. The Morgan fingerprint density at radius 3 is 1.09 bits per heavy atom. The van der Waals surface area contributed by atoms with Crippen LogP contribution in [0.15, 0.2) is 91.0 Å². The number of carboxylic acid groups (broad SMARTS) is 2. The second-order valence-electron chi connectivity index (χ2n) is 34.2. The van der Waals surface area contributed by atoms with Crippen molar-refractivity contribution in [2.24, 2.45) is 52.5 Å². The summed E-state index contributed by atoms with van der Waals surface area (Å²) in [7, 11) is 0. The number of carbonyl (C=O) groups excluding carboxylic acids is 18. The van der Waals surface area contributed by atoms with Crippen molar-refractivity contribution in [3.8, 4) is 0 Å². The summed E-state index contributed by atoms with van der Waals surface area (Å²) in [6.45, 7) is 18.0. The Labute approximate surface area is 776 Å². The van der Waals surface area contributed by atoms with Crippen LogP contribution in [-0.2, 0) is 115 Å². The van der Waals surface area contributed by atoms with Gasteiger partial charge in [0.2, 0.25) is 106 Å². The standard InChI is InChI=1S/C88H134N22O24/c1-14-47(10)68(91)83(129)105-61(40-67(116)117)80(126)103-58(36-52-27-20-16-21-28-52)78(124)101-56(34-44(4)5)77(123)104-59(37-53-29-22-17-23-30-53)81(127)110-71(50(13)112)86(132)107-63(42-111)82(128)96-48(11)72(118)99-55(33-43(2)3)76(122)102-57(35-51-25-18-15-19-26-51)74(120)95-41-66(115)98-54(31-24-32-94-88(92)93)75(121)108-70(46(8)9)85(131)109-69(45(6)7)84(130)97-49(12)73(119)100-60(38-64(89)113)79(125)106-62(87(133)134)39-65(90)114/h15-23,25-30,43-50,54-63,68-71,111-112H,14,24,31-42,91H2,1-13H3,(H2,89,113)(H2,90,114)(H,95,120)(H,96,128)(H,97,130)(H,98,115)(H,99,118)(H,100,119)(H,101,124)(H,102,122)(H,103,126)(H,104,123)(H,105,129)(H,106,125)(H,107,132)(H,108,121)(H,109,131)(H,110,127)(H,116,117)(H,133,134)(H4,92,93,94)/t47-,48-,49-,50+,54-,55-,56-,57-,58-,59-,60-,61-,62-,63-,68-,69-,70-,71-/m0/s1. The van der Waals surface area contributed by atoms with E-state index in [1.807, 2.05) is 5.32 Å². The molecule has 3 aromatic rings. The molecule has 18 atom stereocenters. The fourth-order valence-electron chi connectivity index (χ4n) is 13.3. The number of nitrogens with two attached hydrogens (primary N) is 4. The molecule has 3 rings (SSSR count). The molecule has 0 spiro atoms. The molecule has 0 aliphatic rings. The topological polar surface area (TPSA) is 755 Å². The maximum atomic E-state index is 14.7. The van der Waals surface area contributed by atoms with Gasteiger partial charge in [-0.2, -0.15) is 0 Å². The van der Waals surface area contributed by atoms with Crippen LogP contribution in [0.2, 0.25) is 0 Å². The molecular weight excluding hydrogens is 1750 g/mol. The molecule has 0 radical (unpaired) electrons. The Bertz CT molecular complexity index is 4530. The van der Waals surface area contributed by atoms with Gasteiger partial charge in [-0.3, -0.25) is 96.5 Å². The summed E-state index contributed by atoms with van der Waals surface area (Å²) < 4.78 is 0. The maximum absolute atomic E-state index is 14.7. The lowest BCUT2D eigenvalue weighted by atomic mass is 9.98. The van der Waals surface area contributed by atoms with Gasteiger partial charge in [-0.25, -0.2) is 4.79 Å². The largest absolute Gasteiger partial charge is 0.481 e. The number of aliphatic hydroxyl groups excluding tert-OH is 2. The lowest BCUT2D eigenvalue weighted by Crippen LogP contribution is -2.62. The number of hydrogen-bond donors (Lipinski definition) is 26. The third kappa shape index (κ3) is 41.3. The third-order valence-electron chi connectivity index (χ3n) is 21.0. The predicted octanol–water partition coefficient (Wildman–Crippen LogP) is -6.13. The molecule has 0 fully saturated rings. The Balaban J connectivity index is 1.85. The number of nitrogens with one attached hydrogen (secondary N) is 18. The molecule has 0 saturated heterocycles. The molecule has 740 valence electrons. The molecule has 18 amide bonds. The van der Waals surface area contributed by atoms with E-state index >= 15 is 0 Å². The van der Waals surface area contributed by atoms with Gasteiger partial charge in [0, 0.05) is 25.8 Å². The van der Waals surface area contributed by atoms with E-state index in [1.165, 1.54) is 27.7 Å². The number of amides is 18. The molecule has 0 aromatic heterocycles. The summed E-state index contributed by atoms with van der Waals surface area (Å²) in [4.78, 5) is 272. The van der Waals surface area contributed by atoms with Crippen molar-refractivity contribution in [2.75, 3.05) is 19.7 Å². The number of rotatable bonds is 59. The van der Waals surface area contributed by atoms with Crippen molar-refractivity contribution in [3.63, 3.8) is 0 Å². The molecule has 0 heterocycles. The first-order valence-corrected chi connectivity index (χ1v) is 43.9. The van der Waals surface area contributed by atoms with Crippen LogP contribution in [0.1, 0.15) is 158 Å². The van der Waals surface area contributed by atoms with Gasteiger partial charge in [-0.1, -0.05) is 167 Å². The molecule has 134 heavy (non-hydrogen) atoms. The van der Waals surface area contributed by atoms with Crippen molar-refractivity contribution >= 4 is 124 Å². The normalized spacial score (nSPS) is 15.2. The Morgan fingerprint density at radius 1 is 0.358 bits per heavy atom. The van der Waals surface area contributed by atoms with E-state index in [4.69, 9.17) is 28.3 Å². The summed E-state index contributed by atoms with van der Waals surface area (Å²) in [6.07, 6.45) is -4.86. The van der Waals surface area contributed by atoms with Gasteiger partial charge < -0.3 is 134 Å². The van der Waals surface area contributed by atoms with Crippen LogP contribution in [0.25, 0.3) is 0 Å². The summed E-state index contributed by atoms with van der Waals surface area (Å²) in [5.74, 6) is -24.5. The summed E-state index contributed by atoms with van der Waals surface area (Å²) in [5, 5.41) is 90.3. The highest BCUT2D eigenvalue weighted by Crippen LogP contribution is 2.17. The average Bonchev–Trinajstić information content (AvgIpc) is 0.842. The third-order valence-corrected chi connectivity index (χ3v) is 21.0. The first-order valence-electron chi connectivity index (χ1n) is 43.9. The summed E-state index contributed by atoms with van der Waals surface area (Å²) in [5.41, 5.74) is 23.5. The van der Waals surface area contributed by atoms with Gasteiger partial charge in [0.15, 0.2) is 5.96 Å². The smallest absolute Gasteiger partial charge is 0.326 e. The van der Waals surface area contributed by atoms with Gasteiger partial charge >= 0.3 is 11.9 Å². The van der Waals surface area contributed by atoms with Crippen LogP contribution < -0.4 is 113 Å². The van der Waals surface area contributed by atoms with Gasteiger partial charge in [0.1, 0.15) is 90.6 Å². The van der Waals surface area contributed by atoms with Crippen LogP contribution in [0.3, 0.4) is 0 Å². The van der Waals surface area contributed by atoms with Gasteiger partial charge in [-0.15, -0.1) is 0 Å². The van der Waals surface area contributed by atoms with Crippen molar-refractivity contribution in [1.82, 2.24) is 90.4 Å². The second kappa shape index (κ2) is 57.5. The molecule has 0 bridgehead atoms. The molecule has 3 aromatic carbocycles. The Morgan fingerprint density at radius 2 is 0.687 bits per heavy atom. The monoisotopic (exact) mass is 1880 g/mol. The molecule has 46 heteroatoms. The zero-order valence-electron chi connectivity index (χ0n) is 77.5. The lowest BCUT2D eigenvalue weighted by Gasteiger charge is -2.29. The molecule has 46 nitrogen and oxygen atoms in total. The van der Waals surface area contributed by atoms with E-state index in [1.54, 1.807) is 146 Å². The van der Waals surface area contributed by atoms with Gasteiger partial charge in [0.25, 0.3) is 0 Å². The molecule has 0 aliphatic heterocycles. The number of hydrogen-bond acceptors (Lipinski definition) is 24.